The molecule has 0 bridgehead atoms. The second-order valence-electron chi connectivity index (χ2n) is 3.88. The normalized spacial score (nSPS) is 14.4. The van der Waals surface area contributed by atoms with Crippen molar-refractivity contribution in [3.63, 3.8) is 0 Å². The minimum atomic E-state index is 1.11. The Morgan fingerprint density at radius 3 is 2.62 bits per heavy atom. The highest BCUT2D eigenvalue weighted by Gasteiger charge is 2.08. The van der Waals surface area contributed by atoms with Crippen LogP contribution in [0.15, 0.2) is 49.6 Å². The fourth-order valence-corrected chi connectivity index (χ4v) is 2.10. The van der Waals surface area contributed by atoms with Gasteiger partial charge in [0.05, 0.1) is 0 Å². The Bertz CT molecular complexity index is 473. The van der Waals surface area contributed by atoms with Gasteiger partial charge in [-0.05, 0) is 35.1 Å². The summed E-state index contributed by atoms with van der Waals surface area (Å²) in [7, 11) is 0. The van der Waals surface area contributed by atoms with E-state index in [0.717, 1.165) is 18.4 Å². The molecule has 0 saturated carbocycles. The second kappa shape index (κ2) is 4.80. The molecule has 1 aliphatic carbocycles. The van der Waals surface area contributed by atoms with Crippen molar-refractivity contribution in [3.05, 3.63) is 66.3 Å². The third kappa shape index (κ3) is 1.92. The minimum absolute atomic E-state index is 1.11. The molecule has 0 spiro atoms. The standard InChI is InChI=1S/C16H16/c1-3-13-11-8-12-16(15(13)4-2)14-9-6-5-7-10-14/h3-6,8-9,11-12H,1-2,7,10H2. The maximum atomic E-state index is 3.90. The first-order valence-electron chi connectivity index (χ1n) is 5.61. The van der Waals surface area contributed by atoms with Gasteiger partial charge in [0.15, 0.2) is 0 Å². The molecule has 1 aromatic carbocycles. The van der Waals surface area contributed by atoms with E-state index in [1.807, 2.05) is 12.2 Å². The highest BCUT2D eigenvalue weighted by molar-refractivity contribution is 5.79. The highest BCUT2D eigenvalue weighted by Crippen LogP contribution is 2.29. The predicted molar refractivity (Wildman–Crippen MR) is 73.0 cm³/mol. The van der Waals surface area contributed by atoms with Crippen LogP contribution in [0.4, 0.5) is 0 Å². The van der Waals surface area contributed by atoms with Gasteiger partial charge >= 0.3 is 0 Å². The maximum Gasteiger partial charge on any atom is -0.0115 e. The first-order chi connectivity index (χ1) is 7.86. The monoisotopic (exact) mass is 208 g/mol. The average molecular weight is 208 g/mol. The zero-order valence-electron chi connectivity index (χ0n) is 9.45. The van der Waals surface area contributed by atoms with E-state index in [1.54, 1.807) is 0 Å². The Balaban J connectivity index is 2.55. The van der Waals surface area contributed by atoms with Gasteiger partial charge in [-0.1, -0.05) is 61.7 Å². The quantitative estimate of drug-likeness (QED) is 0.675. The van der Waals surface area contributed by atoms with E-state index in [1.165, 1.54) is 16.7 Å². The van der Waals surface area contributed by atoms with Gasteiger partial charge in [0.2, 0.25) is 0 Å². The molecule has 0 nitrogen and oxygen atoms in total. The third-order valence-electron chi connectivity index (χ3n) is 2.92. The van der Waals surface area contributed by atoms with Gasteiger partial charge in [-0.3, -0.25) is 0 Å². The number of hydrogen-bond donors (Lipinski definition) is 0. The van der Waals surface area contributed by atoms with Crippen LogP contribution in [0.25, 0.3) is 17.7 Å². The van der Waals surface area contributed by atoms with E-state index < -0.39 is 0 Å². The van der Waals surface area contributed by atoms with Crippen LogP contribution in [-0.4, -0.2) is 0 Å². The first kappa shape index (κ1) is 10.7. The predicted octanol–water partition coefficient (Wildman–Crippen LogP) is 4.71. The molecule has 0 amide bonds. The molecular weight excluding hydrogens is 192 g/mol. The summed E-state index contributed by atoms with van der Waals surface area (Å²) < 4.78 is 0. The zero-order valence-corrected chi connectivity index (χ0v) is 9.45. The molecule has 1 aliphatic rings. The van der Waals surface area contributed by atoms with Crippen molar-refractivity contribution in [1.29, 1.82) is 0 Å². The second-order valence-corrected chi connectivity index (χ2v) is 3.88. The van der Waals surface area contributed by atoms with E-state index in [2.05, 4.69) is 49.6 Å². The molecule has 0 aliphatic heterocycles. The fraction of sp³-hybridized carbons (Fsp3) is 0.125. The van der Waals surface area contributed by atoms with Crippen molar-refractivity contribution in [2.45, 2.75) is 12.8 Å². The number of hydrogen-bond acceptors (Lipinski definition) is 0. The Kier molecular flexibility index (Phi) is 3.21. The van der Waals surface area contributed by atoms with Crippen LogP contribution in [0.2, 0.25) is 0 Å². The van der Waals surface area contributed by atoms with Crippen LogP contribution in [0.3, 0.4) is 0 Å². The number of allylic oxidation sites excluding steroid dienone is 4. The Labute approximate surface area is 97.3 Å². The van der Waals surface area contributed by atoms with Crippen molar-refractivity contribution in [2.75, 3.05) is 0 Å². The largest absolute Gasteiger partial charge is 0.0984 e. The summed E-state index contributed by atoms with van der Waals surface area (Å²) in [6.45, 7) is 7.75. The van der Waals surface area contributed by atoms with Crippen molar-refractivity contribution >= 4 is 17.7 Å². The van der Waals surface area contributed by atoms with E-state index in [4.69, 9.17) is 0 Å². The minimum Gasteiger partial charge on any atom is -0.0984 e. The van der Waals surface area contributed by atoms with E-state index >= 15 is 0 Å². The van der Waals surface area contributed by atoms with E-state index in [9.17, 15) is 0 Å². The molecule has 0 saturated heterocycles. The summed E-state index contributed by atoms with van der Waals surface area (Å²) >= 11 is 0. The molecule has 2 rings (SSSR count). The van der Waals surface area contributed by atoms with E-state index in [-0.39, 0.29) is 0 Å². The molecule has 1 aromatic rings. The van der Waals surface area contributed by atoms with Crippen molar-refractivity contribution in [3.8, 4) is 0 Å². The van der Waals surface area contributed by atoms with E-state index in [0.29, 0.717) is 0 Å². The molecule has 0 N–H and O–H groups in total. The van der Waals surface area contributed by atoms with Crippen LogP contribution in [0.1, 0.15) is 29.5 Å². The van der Waals surface area contributed by atoms with Crippen molar-refractivity contribution in [1.82, 2.24) is 0 Å². The van der Waals surface area contributed by atoms with Crippen LogP contribution < -0.4 is 0 Å². The summed E-state index contributed by atoms with van der Waals surface area (Å²) in [4.78, 5) is 0. The van der Waals surface area contributed by atoms with Crippen LogP contribution in [0, 0.1) is 0 Å². The van der Waals surface area contributed by atoms with Gasteiger partial charge in [-0.15, -0.1) is 0 Å². The summed E-state index contributed by atoms with van der Waals surface area (Å²) in [5.41, 5.74) is 5.03. The average Bonchev–Trinajstić information content (AvgIpc) is 2.38. The number of rotatable bonds is 3. The molecule has 0 fully saturated rings. The van der Waals surface area contributed by atoms with Gasteiger partial charge in [0.25, 0.3) is 0 Å². The molecule has 0 aromatic heterocycles. The Morgan fingerprint density at radius 2 is 2.00 bits per heavy atom. The van der Waals surface area contributed by atoms with Crippen molar-refractivity contribution < 1.29 is 0 Å². The lowest BCUT2D eigenvalue weighted by atomic mass is 9.91. The van der Waals surface area contributed by atoms with Crippen molar-refractivity contribution in [2.24, 2.45) is 0 Å². The maximum absolute atomic E-state index is 3.90. The summed E-state index contributed by atoms with van der Waals surface area (Å²) in [5, 5.41) is 0. The number of benzene rings is 1. The lowest BCUT2D eigenvalue weighted by Gasteiger charge is -2.14. The van der Waals surface area contributed by atoms with Gasteiger partial charge in [-0.2, -0.15) is 0 Å². The SMILES string of the molecule is C=Cc1cccc(C2=CC=CCC2)c1C=C. The fourth-order valence-electron chi connectivity index (χ4n) is 2.10. The Morgan fingerprint density at radius 1 is 1.12 bits per heavy atom. The highest BCUT2D eigenvalue weighted by atomic mass is 14.1. The smallest absolute Gasteiger partial charge is 0.0115 e. The lowest BCUT2D eigenvalue weighted by Crippen LogP contribution is -1.93. The molecule has 0 unspecified atom stereocenters. The third-order valence-corrected chi connectivity index (χ3v) is 2.92. The molecule has 0 heteroatoms. The Hall–Kier alpha value is -1.82. The van der Waals surface area contributed by atoms with Gasteiger partial charge < -0.3 is 0 Å². The van der Waals surface area contributed by atoms with Crippen LogP contribution >= 0.6 is 0 Å². The molecule has 0 heterocycles. The first-order valence-corrected chi connectivity index (χ1v) is 5.61. The molecule has 0 atom stereocenters. The molecule has 16 heavy (non-hydrogen) atoms. The lowest BCUT2D eigenvalue weighted by molar-refractivity contribution is 1.05. The molecule has 0 radical (unpaired) electrons. The molecule has 80 valence electrons. The summed E-state index contributed by atoms with van der Waals surface area (Å²) in [6.07, 6.45) is 12.6. The van der Waals surface area contributed by atoms with Gasteiger partial charge in [-0.25, -0.2) is 0 Å². The van der Waals surface area contributed by atoms with Crippen LogP contribution in [-0.2, 0) is 0 Å². The topological polar surface area (TPSA) is 0 Å². The van der Waals surface area contributed by atoms with Crippen LogP contribution in [0.5, 0.6) is 0 Å². The summed E-state index contributed by atoms with van der Waals surface area (Å²) in [5.74, 6) is 0. The summed E-state index contributed by atoms with van der Waals surface area (Å²) in [6, 6.07) is 6.32. The van der Waals surface area contributed by atoms with Gasteiger partial charge in [0.1, 0.15) is 0 Å². The van der Waals surface area contributed by atoms with Gasteiger partial charge in [0, 0.05) is 0 Å². The molecular formula is C16H16. The zero-order chi connectivity index (χ0) is 11.4.